The summed E-state index contributed by atoms with van der Waals surface area (Å²) in [5.74, 6) is -0.748. The molecule has 3 heteroatoms. The number of rotatable bonds is 5. The molecule has 20 heavy (non-hydrogen) atoms. The normalized spacial score (nSPS) is 12.4. The Kier molecular flexibility index (Phi) is 4.85. The summed E-state index contributed by atoms with van der Waals surface area (Å²) in [7, 11) is 1.84. The van der Waals surface area contributed by atoms with Crippen molar-refractivity contribution in [3.05, 3.63) is 70.8 Å². The third-order valence-electron chi connectivity index (χ3n) is 3.49. The monoisotopic (exact) mass is 275 g/mol. The zero-order valence-electron chi connectivity index (χ0n) is 11.8. The third kappa shape index (κ3) is 3.87. The van der Waals surface area contributed by atoms with Gasteiger partial charge in [0.15, 0.2) is 0 Å². The van der Waals surface area contributed by atoms with Gasteiger partial charge in [-0.2, -0.15) is 0 Å². The van der Waals surface area contributed by atoms with E-state index in [-0.39, 0.29) is 11.9 Å². The third-order valence-corrected chi connectivity index (χ3v) is 3.49. The van der Waals surface area contributed by atoms with Gasteiger partial charge in [-0.05, 0) is 56.1 Å². The lowest BCUT2D eigenvalue weighted by Gasteiger charge is -2.17. The maximum absolute atomic E-state index is 13.7. The van der Waals surface area contributed by atoms with Gasteiger partial charge in [-0.25, -0.2) is 8.78 Å². The Morgan fingerprint density at radius 2 is 1.70 bits per heavy atom. The maximum Gasteiger partial charge on any atom is 0.126 e. The van der Waals surface area contributed by atoms with Crippen LogP contribution in [0.1, 0.15) is 16.7 Å². The summed E-state index contributed by atoms with van der Waals surface area (Å²) in [5, 5.41) is 3.17. The number of hydrogen-bond donors (Lipinski definition) is 1. The Morgan fingerprint density at radius 3 is 2.35 bits per heavy atom. The van der Waals surface area contributed by atoms with Crippen LogP contribution in [-0.2, 0) is 12.8 Å². The molecular formula is C17H19F2N. The Balaban J connectivity index is 2.08. The first-order valence-corrected chi connectivity index (χ1v) is 6.75. The first-order chi connectivity index (χ1) is 9.58. The molecule has 1 atom stereocenters. The van der Waals surface area contributed by atoms with Gasteiger partial charge in [0.05, 0.1) is 0 Å². The van der Waals surface area contributed by atoms with Crippen LogP contribution >= 0.6 is 0 Å². The summed E-state index contributed by atoms with van der Waals surface area (Å²) in [6.07, 6.45) is 1.25. The van der Waals surface area contributed by atoms with Crippen molar-refractivity contribution in [3.63, 3.8) is 0 Å². The highest BCUT2D eigenvalue weighted by Crippen LogP contribution is 2.14. The number of nitrogens with one attached hydrogen (secondary N) is 1. The predicted octanol–water partition coefficient (Wildman–Crippen LogP) is 3.65. The van der Waals surface area contributed by atoms with Crippen molar-refractivity contribution in [1.29, 1.82) is 0 Å². The SMILES string of the molecule is CNC(Cc1ccc(C)cc1)Cc1cc(F)ccc1F. The Morgan fingerprint density at radius 1 is 1.00 bits per heavy atom. The number of halogens is 2. The van der Waals surface area contributed by atoms with Crippen LogP contribution in [-0.4, -0.2) is 13.1 Å². The quantitative estimate of drug-likeness (QED) is 0.878. The minimum atomic E-state index is -0.397. The highest BCUT2D eigenvalue weighted by atomic mass is 19.1. The van der Waals surface area contributed by atoms with Gasteiger partial charge in [0.25, 0.3) is 0 Å². The number of benzene rings is 2. The van der Waals surface area contributed by atoms with E-state index in [9.17, 15) is 8.78 Å². The molecule has 2 aromatic rings. The largest absolute Gasteiger partial charge is 0.316 e. The standard InChI is InChI=1S/C17H19F2N/c1-12-3-5-13(6-4-12)9-16(20-2)11-14-10-15(18)7-8-17(14)19/h3-8,10,16,20H,9,11H2,1-2H3. The second kappa shape index (κ2) is 6.62. The van der Waals surface area contributed by atoms with Crippen LogP contribution in [0.5, 0.6) is 0 Å². The molecule has 0 saturated heterocycles. The summed E-state index contributed by atoms with van der Waals surface area (Å²) in [6, 6.07) is 11.9. The second-order valence-corrected chi connectivity index (χ2v) is 5.12. The highest BCUT2D eigenvalue weighted by molar-refractivity contribution is 5.24. The van der Waals surface area contributed by atoms with Gasteiger partial charge >= 0.3 is 0 Å². The van der Waals surface area contributed by atoms with Gasteiger partial charge in [-0.15, -0.1) is 0 Å². The Hall–Kier alpha value is -1.74. The van der Waals surface area contributed by atoms with Crippen molar-refractivity contribution >= 4 is 0 Å². The van der Waals surface area contributed by atoms with E-state index < -0.39 is 5.82 Å². The summed E-state index contributed by atoms with van der Waals surface area (Å²) < 4.78 is 26.8. The zero-order chi connectivity index (χ0) is 14.5. The Labute approximate surface area is 118 Å². The topological polar surface area (TPSA) is 12.0 Å². The zero-order valence-corrected chi connectivity index (χ0v) is 11.8. The second-order valence-electron chi connectivity index (χ2n) is 5.12. The van der Waals surface area contributed by atoms with Gasteiger partial charge in [0.2, 0.25) is 0 Å². The molecule has 0 spiro atoms. The van der Waals surface area contributed by atoms with Gasteiger partial charge in [-0.1, -0.05) is 29.8 Å². The molecule has 0 aliphatic heterocycles. The summed E-state index contributed by atoms with van der Waals surface area (Å²) in [5.41, 5.74) is 2.81. The molecule has 2 aromatic carbocycles. The van der Waals surface area contributed by atoms with E-state index in [1.165, 1.54) is 23.3 Å². The number of likely N-dealkylation sites (N-methyl/N-ethyl adjacent to an activating group) is 1. The summed E-state index contributed by atoms with van der Waals surface area (Å²) in [4.78, 5) is 0. The molecule has 0 amide bonds. The minimum Gasteiger partial charge on any atom is -0.316 e. The fraction of sp³-hybridized carbons (Fsp3) is 0.294. The highest BCUT2D eigenvalue weighted by Gasteiger charge is 2.12. The van der Waals surface area contributed by atoms with Crippen LogP contribution in [0.3, 0.4) is 0 Å². The molecule has 2 rings (SSSR count). The van der Waals surface area contributed by atoms with Crippen LogP contribution in [0.2, 0.25) is 0 Å². The molecule has 0 bridgehead atoms. The average molecular weight is 275 g/mol. The molecular weight excluding hydrogens is 256 g/mol. The summed E-state index contributed by atoms with van der Waals surface area (Å²) in [6.45, 7) is 2.04. The fourth-order valence-corrected chi connectivity index (χ4v) is 2.25. The van der Waals surface area contributed by atoms with E-state index in [1.54, 1.807) is 0 Å². The molecule has 0 aliphatic rings. The van der Waals surface area contributed by atoms with E-state index in [4.69, 9.17) is 0 Å². The fourth-order valence-electron chi connectivity index (χ4n) is 2.25. The minimum absolute atomic E-state index is 0.0778. The van der Waals surface area contributed by atoms with Crippen molar-refractivity contribution in [1.82, 2.24) is 5.32 Å². The molecule has 1 N–H and O–H groups in total. The van der Waals surface area contributed by atoms with E-state index >= 15 is 0 Å². The van der Waals surface area contributed by atoms with Crippen LogP contribution in [0.15, 0.2) is 42.5 Å². The van der Waals surface area contributed by atoms with Crippen LogP contribution in [0.4, 0.5) is 8.78 Å². The molecule has 0 saturated carbocycles. The van der Waals surface area contributed by atoms with E-state index in [2.05, 4.69) is 29.6 Å². The number of aryl methyl sites for hydroxylation is 1. The first kappa shape index (κ1) is 14.7. The van der Waals surface area contributed by atoms with Gasteiger partial charge < -0.3 is 5.32 Å². The van der Waals surface area contributed by atoms with E-state index in [1.807, 2.05) is 14.0 Å². The lowest BCUT2D eigenvalue weighted by molar-refractivity contribution is 0.525. The van der Waals surface area contributed by atoms with Gasteiger partial charge in [-0.3, -0.25) is 0 Å². The average Bonchev–Trinajstić information content (AvgIpc) is 2.44. The van der Waals surface area contributed by atoms with Crippen LogP contribution in [0, 0.1) is 18.6 Å². The molecule has 0 aliphatic carbocycles. The Bertz CT molecular complexity index is 564. The smallest absolute Gasteiger partial charge is 0.126 e. The first-order valence-electron chi connectivity index (χ1n) is 6.75. The van der Waals surface area contributed by atoms with Crippen molar-refractivity contribution in [2.24, 2.45) is 0 Å². The van der Waals surface area contributed by atoms with Crippen molar-refractivity contribution in [3.8, 4) is 0 Å². The van der Waals surface area contributed by atoms with Crippen LogP contribution in [0.25, 0.3) is 0 Å². The molecule has 0 aromatic heterocycles. The van der Waals surface area contributed by atoms with Crippen molar-refractivity contribution in [2.45, 2.75) is 25.8 Å². The predicted molar refractivity (Wildman–Crippen MR) is 77.8 cm³/mol. The molecule has 0 fully saturated rings. The molecule has 1 nitrogen and oxygen atoms in total. The lowest BCUT2D eigenvalue weighted by Crippen LogP contribution is -2.30. The summed E-state index contributed by atoms with van der Waals surface area (Å²) >= 11 is 0. The number of hydrogen-bond acceptors (Lipinski definition) is 1. The van der Waals surface area contributed by atoms with Gasteiger partial charge in [0.1, 0.15) is 11.6 Å². The molecule has 0 radical (unpaired) electrons. The van der Waals surface area contributed by atoms with Crippen molar-refractivity contribution < 1.29 is 8.78 Å². The molecule has 1 unspecified atom stereocenters. The molecule has 0 heterocycles. The maximum atomic E-state index is 13.7. The van der Waals surface area contributed by atoms with Gasteiger partial charge in [0, 0.05) is 6.04 Å². The lowest BCUT2D eigenvalue weighted by atomic mass is 9.98. The molecule has 106 valence electrons. The van der Waals surface area contributed by atoms with E-state index in [0.29, 0.717) is 12.0 Å². The van der Waals surface area contributed by atoms with Crippen molar-refractivity contribution in [2.75, 3.05) is 7.05 Å². The van der Waals surface area contributed by atoms with Crippen LogP contribution < -0.4 is 5.32 Å². The van der Waals surface area contributed by atoms with E-state index in [0.717, 1.165) is 12.5 Å².